The van der Waals surface area contributed by atoms with Crippen molar-refractivity contribution in [1.82, 2.24) is 9.62 Å². The van der Waals surface area contributed by atoms with Gasteiger partial charge in [0.15, 0.2) is 0 Å². The molecule has 1 aliphatic heterocycles. The van der Waals surface area contributed by atoms with Crippen LogP contribution in [0.25, 0.3) is 0 Å². The number of carbonyl (C=O) groups excluding carboxylic acids is 1. The van der Waals surface area contributed by atoms with Gasteiger partial charge in [0.25, 0.3) is 0 Å². The maximum Gasteiger partial charge on any atom is 0.332 e. The fraction of sp³-hybridized carbons (Fsp3) is 0.650. The van der Waals surface area contributed by atoms with Crippen molar-refractivity contribution < 1.29 is 13.2 Å². The molecule has 8 heteroatoms. The van der Waals surface area contributed by atoms with Crippen LogP contribution < -0.4 is 10.0 Å². The molecular formula is C20H29KN3O3S. The van der Waals surface area contributed by atoms with Crippen molar-refractivity contribution in [1.29, 1.82) is 0 Å². The molecule has 1 heterocycles. The van der Waals surface area contributed by atoms with Gasteiger partial charge in [-0.1, -0.05) is 6.07 Å². The molecule has 0 saturated carbocycles. The number of nitrogens with one attached hydrogen (secondary N) is 2. The summed E-state index contributed by atoms with van der Waals surface area (Å²) in [5.74, 6) is -0.0607. The number of aryl methyl sites for hydroxylation is 2. The molecule has 1 saturated heterocycles. The third kappa shape index (κ3) is 4.68. The molecule has 0 atom stereocenters. The molecule has 1 aromatic carbocycles. The summed E-state index contributed by atoms with van der Waals surface area (Å²) in [7, 11) is -3.65. The summed E-state index contributed by atoms with van der Waals surface area (Å²) in [6.45, 7) is 5.59. The molecule has 149 valence electrons. The van der Waals surface area contributed by atoms with Crippen LogP contribution in [0, 0.1) is 0 Å². The number of sulfonamides is 1. The number of hydrogen-bond acceptors (Lipinski definition) is 4. The van der Waals surface area contributed by atoms with Gasteiger partial charge < -0.3 is 5.32 Å². The summed E-state index contributed by atoms with van der Waals surface area (Å²) in [6.07, 6.45) is 7.26. The normalized spacial score (nSPS) is 19.9. The Morgan fingerprint density at radius 2 is 1.71 bits per heavy atom. The van der Waals surface area contributed by atoms with Crippen molar-refractivity contribution in [3.8, 4) is 0 Å². The summed E-state index contributed by atoms with van der Waals surface area (Å²) in [5, 5.41) is 2.89. The number of amides is 2. The van der Waals surface area contributed by atoms with E-state index in [4.69, 9.17) is 0 Å². The van der Waals surface area contributed by atoms with Crippen molar-refractivity contribution in [2.24, 2.45) is 0 Å². The number of fused-ring (bicyclic) bond motifs is 2. The van der Waals surface area contributed by atoms with E-state index in [0.29, 0.717) is 6.54 Å². The smallest absolute Gasteiger partial charge is 0.307 e. The Bertz CT molecular complexity index is 851. The Morgan fingerprint density at radius 1 is 1.11 bits per heavy atom. The molecule has 0 aromatic heterocycles. The zero-order valence-electron chi connectivity index (χ0n) is 17.2. The van der Waals surface area contributed by atoms with Gasteiger partial charge in [0.2, 0.25) is 10.0 Å². The molecule has 4 rings (SSSR count). The summed E-state index contributed by atoms with van der Waals surface area (Å²) >= 11 is 0. The quantitative estimate of drug-likeness (QED) is 0.702. The van der Waals surface area contributed by atoms with E-state index < -0.39 is 16.1 Å². The van der Waals surface area contributed by atoms with Crippen LogP contribution in [0.15, 0.2) is 6.07 Å². The molecular weight excluding hydrogens is 401 g/mol. The Hall–Kier alpha value is 0.0364. The Kier molecular flexibility index (Phi) is 7.02. The zero-order valence-corrected chi connectivity index (χ0v) is 21.2. The first-order valence-corrected chi connectivity index (χ1v) is 11.6. The van der Waals surface area contributed by atoms with Crippen molar-refractivity contribution in [3.63, 3.8) is 0 Å². The molecule has 0 unspecified atom stereocenters. The second kappa shape index (κ2) is 8.65. The topological polar surface area (TPSA) is 78.5 Å². The third-order valence-electron chi connectivity index (χ3n) is 6.44. The van der Waals surface area contributed by atoms with Gasteiger partial charge in [0.1, 0.15) is 0 Å². The molecule has 2 N–H and O–H groups in total. The number of rotatable bonds is 5. The summed E-state index contributed by atoms with van der Waals surface area (Å²) in [5.41, 5.74) is 5.95. The van der Waals surface area contributed by atoms with E-state index in [1.807, 2.05) is 0 Å². The van der Waals surface area contributed by atoms with E-state index in [1.54, 1.807) is 0 Å². The molecule has 1 fully saturated rings. The number of nitrogens with zero attached hydrogens (tertiary/aromatic N) is 1. The van der Waals surface area contributed by atoms with Gasteiger partial charge in [-0.15, -0.1) is 0 Å². The predicted octanol–water partition coefficient (Wildman–Crippen LogP) is 2.22. The van der Waals surface area contributed by atoms with Gasteiger partial charge in [-0.2, -0.15) is 0 Å². The van der Waals surface area contributed by atoms with E-state index in [0.717, 1.165) is 57.2 Å². The molecule has 1 radical (unpaired) electrons. The van der Waals surface area contributed by atoms with Crippen LogP contribution in [0.1, 0.15) is 55.4 Å². The van der Waals surface area contributed by atoms with Crippen LogP contribution in [0.4, 0.5) is 10.5 Å². The van der Waals surface area contributed by atoms with E-state index >= 15 is 0 Å². The fourth-order valence-electron chi connectivity index (χ4n) is 4.66. The molecule has 1 aromatic rings. The van der Waals surface area contributed by atoms with Crippen LogP contribution in [0.3, 0.4) is 0 Å². The molecule has 3 aliphatic rings. The van der Waals surface area contributed by atoms with Gasteiger partial charge in [0.05, 0.1) is 5.75 Å². The van der Waals surface area contributed by atoms with Crippen LogP contribution in [-0.4, -0.2) is 95.1 Å². The number of anilines is 1. The van der Waals surface area contributed by atoms with Crippen molar-refractivity contribution in [2.75, 3.05) is 24.2 Å². The van der Waals surface area contributed by atoms with E-state index in [1.165, 1.54) is 22.3 Å². The van der Waals surface area contributed by atoms with Gasteiger partial charge in [0, 0.05) is 75.7 Å². The monoisotopic (exact) mass is 430 g/mol. The minimum absolute atomic E-state index is 0. The van der Waals surface area contributed by atoms with Gasteiger partial charge in [-0.3, -0.25) is 4.90 Å². The number of carbonyl (C=O) groups is 1. The molecule has 28 heavy (non-hydrogen) atoms. The van der Waals surface area contributed by atoms with Crippen LogP contribution in [0.2, 0.25) is 0 Å². The summed E-state index contributed by atoms with van der Waals surface area (Å²) in [4.78, 5) is 14.6. The minimum Gasteiger partial charge on any atom is -0.307 e. The van der Waals surface area contributed by atoms with Gasteiger partial charge in [-0.05, 0) is 81.0 Å². The predicted molar refractivity (Wildman–Crippen MR) is 112 cm³/mol. The molecule has 6 nitrogen and oxygen atoms in total. The Balaban J connectivity index is 0.00000225. The average molecular weight is 431 g/mol. The summed E-state index contributed by atoms with van der Waals surface area (Å²) in [6, 6.07) is 1.66. The van der Waals surface area contributed by atoms with Crippen molar-refractivity contribution in [2.45, 2.75) is 64.3 Å². The second-order valence-electron chi connectivity index (χ2n) is 8.66. The van der Waals surface area contributed by atoms with Crippen molar-refractivity contribution >= 4 is 73.1 Å². The zero-order chi connectivity index (χ0) is 19.2. The number of likely N-dealkylation sites (tertiary alicyclic amines) is 1. The van der Waals surface area contributed by atoms with E-state index in [2.05, 4.69) is 34.9 Å². The van der Waals surface area contributed by atoms with E-state index in [9.17, 15) is 13.2 Å². The SMILES string of the molecule is CC1(C)CCN1CCS(=O)(=O)NC(=O)Nc1c2c(cc3c1CCC3)CCC2.[K]. The van der Waals surface area contributed by atoms with E-state index in [-0.39, 0.29) is 62.7 Å². The maximum atomic E-state index is 12.5. The Labute approximate surface area is 210 Å². The largest absolute Gasteiger partial charge is 0.332 e. The number of hydrogen-bond donors (Lipinski definition) is 2. The first-order valence-electron chi connectivity index (χ1n) is 9.98. The molecule has 2 aliphatic carbocycles. The maximum absolute atomic E-state index is 12.5. The molecule has 0 bridgehead atoms. The fourth-order valence-corrected chi connectivity index (χ4v) is 5.56. The van der Waals surface area contributed by atoms with Gasteiger partial charge >= 0.3 is 6.03 Å². The second-order valence-corrected chi connectivity index (χ2v) is 10.5. The average Bonchev–Trinajstić information content (AvgIpc) is 3.21. The first-order chi connectivity index (χ1) is 12.8. The van der Waals surface area contributed by atoms with Crippen LogP contribution in [-0.2, 0) is 35.7 Å². The molecule has 0 spiro atoms. The third-order valence-corrected chi connectivity index (χ3v) is 7.66. The van der Waals surface area contributed by atoms with Crippen LogP contribution >= 0.6 is 0 Å². The number of urea groups is 1. The first kappa shape index (κ1) is 22.7. The number of benzene rings is 1. The molecule has 2 amide bonds. The Morgan fingerprint density at radius 3 is 2.21 bits per heavy atom. The van der Waals surface area contributed by atoms with Crippen molar-refractivity contribution in [3.05, 3.63) is 28.3 Å². The van der Waals surface area contributed by atoms with Gasteiger partial charge in [-0.25, -0.2) is 17.9 Å². The minimum atomic E-state index is -3.65. The van der Waals surface area contributed by atoms with Crippen LogP contribution in [0.5, 0.6) is 0 Å². The summed E-state index contributed by atoms with van der Waals surface area (Å²) < 4.78 is 26.9. The standard InChI is InChI=1S/C20H29N3O3S.K/c1-20(2)9-10-23(20)11-12-27(25,26)22-19(24)21-18-16-7-3-5-14(16)13-15-6-4-8-17(15)18;/h13H,3-12H2,1-2H3,(H2,21,22,24);.